The molecule has 5 nitrogen and oxygen atoms in total. The molecule has 16 heavy (non-hydrogen) atoms. The highest BCUT2D eigenvalue weighted by atomic mass is 79.9. The van der Waals surface area contributed by atoms with E-state index in [2.05, 4.69) is 26.0 Å². The summed E-state index contributed by atoms with van der Waals surface area (Å²) in [5.41, 5.74) is 6.30. The van der Waals surface area contributed by atoms with Gasteiger partial charge in [-0.3, -0.25) is 9.59 Å². The van der Waals surface area contributed by atoms with Crippen molar-refractivity contribution in [3.63, 3.8) is 0 Å². The van der Waals surface area contributed by atoms with Crippen LogP contribution in [0.5, 0.6) is 0 Å². The smallest absolute Gasteiger partial charge is 0.325 e. The Kier molecular flexibility index (Phi) is 4.30. The van der Waals surface area contributed by atoms with Crippen LogP contribution in [0.2, 0.25) is 0 Å². The van der Waals surface area contributed by atoms with Gasteiger partial charge in [-0.05, 0) is 18.2 Å². The average Bonchev–Trinajstić information content (AvgIpc) is 2.28. The summed E-state index contributed by atoms with van der Waals surface area (Å²) < 4.78 is 5.14. The van der Waals surface area contributed by atoms with Crippen molar-refractivity contribution in [1.82, 2.24) is 5.32 Å². The second-order valence-electron chi connectivity index (χ2n) is 2.99. The van der Waals surface area contributed by atoms with Crippen LogP contribution < -0.4 is 11.1 Å². The van der Waals surface area contributed by atoms with E-state index in [0.29, 0.717) is 11.3 Å². The van der Waals surface area contributed by atoms with Gasteiger partial charge in [0.05, 0.1) is 12.7 Å². The zero-order valence-electron chi connectivity index (χ0n) is 8.62. The van der Waals surface area contributed by atoms with Gasteiger partial charge in [0.15, 0.2) is 0 Å². The SMILES string of the molecule is COC(=O)CNC(=O)c1cc(Br)ccc1N. The lowest BCUT2D eigenvalue weighted by Crippen LogP contribution is -2.30. The maximum Gasteiger partial charge on any atom is 0.325 e. The van der Waals surface area contributed by atoms with Crippen LogP contribution >= 0.6 is 15.9 Å². The summed E-state index contributed by atoms with van der Waals surface area (Å²) in [5.74, 6) is -0.925. The number of hydrogen-bond donors (Lipinski definition) is 2. The summed E-state index contributed by atoms with van der Waals surface area (Å²) in [6, 6.07) is 4.92. The number of rotatable bonds is 3. The molecule has 1 aromatic rings. The number of ether oxygens (including phenoxy) is 1. The summed E-state index contributed by atoms with van der Waals surface area (Å²) in [4.78, 5) is 22.4. The topological polar surface area (TPSA) is 81.4 Å². The fraction of sp³-hybridized carbons (Fsp3) is 0.200. The minimum Gasteiger partial charge on any atom is -0.468 e. The molecule has 0 saturated carbocycles. The van der Waals surface area contributed by atoms with Crippen LogP contribution in [0, 0.1) is 0 Å². The first-order valence-electron chi connectivity index (χ1n) is 4.44. The van der Waals surface area contributed by atoms with Crippen LogP contribution in [-0.4, -0.2) is 25.5 Å². The van der Waals surface area contributed by atoms with Gasteiger partial charge in [0.25, 0.3) is 5.91 Å². The van der Waals surface area contributed by atoms with Crippen LogP contribution in [-0.2, 0) is 9.53 Å². The number of carbonyl (C=O) groups is 2. The second kappa shape index (κ2) is 5.50. The van der Waals surface area contributed by atoms with Gasteiger partial charge < -0.3 is 15.8 Å². The number of nitrogens with two attached hydrogens (primary N) is 1. The molecule has 1 aromatic carbocycles. The van der Waals surface area contributed by atoms with Crippen molar-refractivity contribution in [3.8, 4) is 0 Å². The Hall–Kier alpha value is -1.56. The third-order valence-corrected chi connectivity index (χ3v) is 2.37. The van der Waals surface area contributed by atoms with Crippen LogP contribution in [0.1, 0.15) is 10.4 Å². The molecule has 0 unspecified atom stereocenters. The lowest BCUT2D eigenvalue weighted by atomic mass is 10.1. The molecule has 0 radical (unpaired) electrons. The van der Waals surface area contributed by atoms with Gasteiger partial charge in [-0.25, -0.2) is 0 Å². The van der Waals surface area contributed by atoms with Gasteiger partial charge >= 0.3 is 5.97 Å². The number of benzene rings is 1. The standard InChI is InChI=1S/C10H11BrN2O3/c1-16-9(14)5-13-10(15)7-4-6(11)2-3-8(7)12/h2-4H,5,12H2,1H3,(H,13,15). The highest BCUT2D eigenvalue weighted by Gasteiger charge is 2.11. The fourth-order valence-corrected chi connectivity index (χ4v) is 1.41. The molecule has 0 fully saturated rings. The van der Waals surface area contributed by atoms with Crippen molar-refractivity contribution in [3.05, 3.63) is 28.2 Å². The third-order valence-electron chi connectivity index (χ3n) is 1.88. The minimum absolute atomic E-state index is 0.179. The van der Waals surface area contributed by atoms with E-state index in [0.717, 1.165) is 4.47 Å². The molecule has 0 atom stereocenters. The molecular weight excluding hydrogens is 276 g/mol. The first kappa shape index (κ1) is 12.5. The highest BCUT2D eigenvalue weighted by Crippen LogP contribution is 2.18. The molecule has 0 heterocycles. The summed E-state index contributed by atoms with van der Waals surface area (Å²) in [6.45, 7) is -0.179. The molecule has 0 spiro atoms. The van der Waals surface area contributed by atoms with E-state index in [1.54, 1.807) is 18.2 Å². The monoisotopic (exact) mass is 286 g/mol. The van der Waals surface area contributed by atoms with Crippen molar-refractivity contribution in [2.24, 2.45) is 0 Å². The quantitative estimate of drug-likeness (QED) is 0.640. The Balaban J connectivity index is 2.73. The second-order valence-corrected chi connectivity index (χ2v) is 3.91. The molecule has 3 N–H and O–H groups in total. The Bertz CT molecular complexity index is 421. The van der Waals surface area contributed by atoms with Crippen LogP contribution in [0.3, 0.4) is 0 Å². The van der Waals surface area contributed by atoms with Crippen LogP contribution in [0.15, 0.2) is 22.7 Å². The van der Waals surface area contributed by atoms with E-state index >= 15 is 0 Å². The Morgan fingerprint density at radius 1 is 1.50 bits per heavy atom. The molecule has 0 saturated heterocycles. The van der Waals surface area contributed by atoms with E-state index < -0.39 is 11.9 Å². The molecule has 0 aliphatic carbocycles. The number of amides is 1. The highest BCUT2D eigenvalue weighted by molar-refractivity contribution is 9.10. The first-order chi connectivity index (χ1) is 7.54. The number of anilines is 1. The van der Waals surface area contributed by atoms with E-state index in [9.17, 15) is 9.59 Å². The Morgan fingerprint density at radius 3 is 2.81 bits per heavy atom. The van der Waals surface area contributed by atoms with Crippen LogP contribution in [0.4, 0.5) is 5.69 Å². The largest absolute Gasteiger partial charge is 0.468 e. The lowest BCUT2D eigenvalue weighted by Gasteiger charge is -2.06. The predicted octanol–water partition coefficient (Wildman–Crippen LogP) is 0.934. The third kappa shape index (κ3) is 3.23. The molecule has 0 aliphatic rings. The molecule has 0 aromatic heterocycles. The van der Waals surface area contributed by atoms with Crippen molar-refractivity contribution >= 4 is 33.5 Å². The van der Waals surface area contributed by atoms with Gasteiger partial charge in [0.2, 0.25) is 0 Å². The minimum atomic E-state index is -0.512. The van der Waals surface area contributed by atoms with Gasteiger partial charge in [0.1, 0.15) is 6.54 Å². The number of nitrogens with one attached hydrogen (secondary N) is 1. The van der Waals surface area contributed by atoms with E-state index in [4.69, 9.17) is 5.73 Å². The zero-order chi connectivity index (χ0) is 12.1. The first-order valence-corrected chi connectivity index (χ1v) is 5.24. The van der Waals surface area contributed by atoms with E-state index in [1.165, 1.54) is 7.11 Å². The average molecular weight is 287 g/mol. The maximum absolute atomic E-state index is 11.6. The van der Waals surface area contributed by atoms with Gasteiger partial charge in [0, 0.05) is 10.2 Å². The summed E-state index contributed by atoms with van der Waals surface area (Å²) in [5, 5.41) is 2.40. The number of halogens is 1. The van der Waals surface area contributed by atoms with Crippen molar-refractivity contribution in [1.29, 1.82) is 0 Å². The number of carbonyl (C=O) groups excluding carboxylic acids is 2. The van der Waals surface area contributed by atoms with Crippen molar-refractivity contribution < 1.29 is 14.3 Å². The van der Waals surface area contributed by atoms with E-state index in [-0.39, 0.29) is 6.54 Å². The summed E-state index contributed by atoms with van der Waals surface area (Å²) >= 11 is 3.23. The molecule has 1 rings (SSSR count). The number of nitrogen functional groups attached to an aromatic ring is 1. The molecule has 86 valence electrons. The normalized spacial score (nSPS) is 9.62. The lowest BCUT2D eigenvalue weighted by molar-refractivity contribution is -0.139. The Morgan fingerprint density at radius 2 is 2.19 bits per heavy atom. The number of methoxy groups -OCH3 is 1. The molecule has 1 amide bonds. The van der Waals surface area contributed by atoms with Crippen molar-refractivity contribution in [2.75, 3.05) is 19.4 Å². The predicted molar refractivity (Wildman–Crippen MR) is 62.9 cm³/mol. The number of esters is 1. The molecular formula is C10H11BrN2O3. The molecule has 0 aliphatic heterocycles. The van der Waals surface area contributed by atoms with Gasteiger partial charge in [-0.15, -0.1) is 0 Å². The maximum atomic E-state index is 11.6. The fourth-order valence-electron chi connectivity index (χ4n) is 1.04. The molecule has 0 bridgehead atoms. The van der Waals surface area contributed by atoms with Crippen molar-refractivity contribution in [2.45, 2.75) is 0 Å². The van der Waals surface area contributed by atoms with Crippen LogP contribution in [0.25, 0.3) is 0 Å². The van der Waals surface area contributed by atoms with Gasteiger partial charge in [-0.1, -0.05) is 15.9 Å². The number of hydrogen-bond acceptors (Lipinski definition) is 4. The van der Waals surface area contributed by atoms with Gasteiger partial charge in [-0.2, -0.15) is 0 Å². The van der Waals surface area contributed by atoms with E-state index in [1.807, 2.05) is 0 Å². The summed E-state index contributed by atoms with van der Waals surface area (Å²) in [7, 11) is 1.25. The Labute approximate surface area is 101 Å². The summed E-state index contributed by atoms with van der Waals surface area (Å²) in [6.07, 6.45) is 0. The zero-order valence-corrected chi connectivity index (χ0v) is 10.2. The molecule has 6 heteroatoms.